The van der Waals surface area contributed by atoms with Crippen LogP contribution in [0, 0.1) is 13.8 Å². The van der Waals surface area contributed by atoms with Crippen LogP contribution in [0.15, 0.2) is 34.2 Å². The Balaban J connectivity index is 1.41. The molecule has 2 heterocycles. The summed E-state index contributed by atoms with van der Waals surface area (Å²) in [5.41, 5.74) is 3.44. The van der Waals surface area contributed by atoms with Crippen LogP contribution in [0.5, 0.6) is 5.75 Å². The van der Waals surface area contributed by atoms with Crippen LogP contribution >= 0.6 is 23.1 Å². The van der Waals surface area contributed by atoms with Gasteiger partial charge in [-0.15, -0.1) is 23.1 Å². The van der Waals surface area contributed by atoms with E-state index in [2.05, 4.69) is 15.5 Å². The van der Waals surface area contributed by atoms with E-state index in [0.29, 0.717) is 10.9 Å². The number of hydrogen-bond donors (Lipinski definition) is 1. The second kappa shape index (κ2) is 10.3. The molecule has 30 heavy (non-hydrogen) atoms. The smallest absolute Gasteiger partial charge is 0.316 e. The number of carbonyl (C=O) groups is 2. The number of thiazole rings is 1. The molecule has 0 aliphatic rings. The van der Waals surface area contributed by atoms with Gasteiger partial charge in [0.2, 0.25) is 0 Å². The van der Waals surface area contributed by atoms with Crippen LogP contribution in [0.1, 0.15) is 17.0 Å². The van der Waals surface area contributed by atoms with Crippen LogP contribution in [-0.4, -0.2) is 41.5 Å². The van der Waals surface area contributed by atoms with E-state index < -0.39 is 11.9 Å². The van der Waals surface area contributed by atoms with Gasteiger partial charge in [-0.05, 0) is 38.1 Å². The van der Waals surface area contributed by atoms with Gasteiger partial charge >= 0.3 is 5.97 Å². The van der Waals surface area contributed by atoms with Gasteiger partial charge in [0, 0.05) is 22.3 Å². The van der Waals surface area contributed by atoms with Gasteiger partial charge in [0.15, 0.2) is 11.7 Å². The SMILES string of the molecule is COc1ccc(-c2csc(NC(=O)COC(=O)CSCc3c(C)noc3C)n2)cc1. The van der Waals surface area contributed by atoms with E-state index in [-0.39, 0.29) is 12.4 Å². The number of methoxy groups -OCH3 is 1. The molecule has 158 valence electrons. The number of nitrogens with zero attached hydrogens (tertiary/aromatic N) is 2. The fourth-order valence-electron chi connectivity index (χ4n) is 2.51. The summed E-state index contributed by atoms with van der Waals surface area (Å²) in [5.74, 6) is 1.33. The zero-order valence-electron chi connectivity index (χ0n) is 16.8. The van der Waals surface area contributed by atoms with Crippen molar-refractivity contribution in [1.82, 2.24) is 10.1 Å². The number of nitrogens with one attached hydrogen (secondary N) is 1. The number of anilines is 1. The molecule has 0 unspecified atom stereocenters. The van der Waals surface area contributed by atoms with Crippen molar-refractivity contribution in [2.24, 2.45) is 0 Å². The van der Waals surface area contributed by atoms with Crippen LogP contribution in [0.2, 0.25) is 0 Å². The monoisotopic (exact) mass is 447 g/mol. The van der Waals surface area contributed by atoms with Crippen LogP contribution in [0.4, 0.5) is 5.13 Å². The van der Waals surface area contributed by atoms with Crippen LogP contribution < -0.4 is 10.1 Å². The molecule has 3 rings (SSSR count). The lowest BCUT2D eigenvalue weighted by atomic mass is 10.2. The molecule has 0 bridgehead atoms. The highest BCUT2D eigenvalue weighted by Crippen LogP contribution is 2.26. The topological polar surface area (TPSA) is 104 Å². The lowest BCUT2D eigenvalue weighted by molar-refractivity contribution is -0.144. The summed E-state index contributed by atoms with van der Waals surface area (Å²) in [4.78, 5) is 28.3. The predicted molar refractivity (Wildman–Crippen MR) is 116 cm³/mol. The highest BCUT2D eigenvalue weighted by molar-refractivity contribution is 7.99. The Morgan fingerprint density at radius 3 is 2.67 bits per heavy atom. The first-order valence-electron chi connectivity index (χ1n) is 9.01. The first-order valence-corrected chi connectivity index (χ1v) is 11.0. The Bertz CT molecular complexity index is 994. The molecule has 0 fully saturated rings. The maximum atomic E-state index is 12.0. The lowest BCUT2D eigenvalue weighted by Crippen LogP contribution is -2.21. The number of benzene rings is 1. The molecule has 8 nitrogen and oxygen atoms in total. The van der Waals surface area contributed by atoms with Crippen LogP contribution in [0.3, 0.4) is 0 Å². The van der Waals surface area contributed by atoms with E-state index >= 15 is 0 Å². The Hall–Kier alpha value is -2.85. The van der Waals surface area contributed by atoms with E-state index in [1.165, 1.54) is 23.1 Å². The summed E-state index contributed by atoms with van der Waals surface area (Å²) >= 11 is 2.68. The minimum Gasteiger partial charge on any atom is -0.497 e. The normalized spacial score (nSPS) is 10.6. The van der Waals surface area contributed by atoms with Crippen molar-refractivity contribution in [1.29, 1.82) is 0 Å². The molecule has 1 N–H and O–H groups in total. The van der Waals surface area contributed by atoms with Crippen molar-refractivity contribution in [2.75, 3.05) is 24.8 Å². The third-order valence-electron chi connectivity index (χ3n) is 4.15. The largest absolute Gasteiger partial charge is 0.497 e. The second-order valence-electron chi connectivity index (χ2n) is 6.27. The fraction of sp³-hybridized carbons (Fsp3) is 0.300. The summed E-state index contributed by atoms with van der Waals surface area (Å²) < 4.78 is 15.2. The number of aryl methyl sites for hydroxylation is 2. The van der Waals surface area contributed by atoms with Crippen molar-refractivity contribution < 1.29 is 23.6 Å². The molecule has 10 heteroatoms. The number of amides is 1. The lowest BCUT2D eigenvalue weighted by Gasteiger charge is -2.05. The van der Waals surface area contributed by atoms with Crippen molar-refractivity contribution in [3.8, 4) is 17.0 Å². The molecule has 0 saturated heterocycles. The summed E-state index contributed by atoms with van der Waals surface area (Å²) in [6.45, 7) is 3.33. The number of thioether (sulfide) groups is 1. The molecule has 0 atom stereocenters. The number of aromatic nitrogens is 2. The molecular formula is C20H21N3O5S2. The van der Waals surface area contributed by atoms with Gasteiger partial charge in [-0.3, -0.25) is 14.9 Å². The van der Waals surface area contributed by atoms with Gasteiger partial charge in [0.25, 0.3) is 5.91 Å². The van der Waals surface area contributed by atoms with Crippen LogP contribution in [0.25, 0.3) is 11.3 Å². The van der Waals surface area contributed by atoms with Crippen molar-refractivity contribution in [2.45, 2.75) is 19.6 Å². The van der Waals surface area contributed by atoms with Crippen molar-refractivity contribution in [3.63, 3.8) is 0 Å². The quantitative estimate of drug-likeness (QED) is 0.494. The molecule has 0 aliphatic heterocycles. The van der Waals surface area contributed by atoms with Crippen molar-refractivity contribution in [3.05, 3.63) is 46.7 Å². The second-order valence-corrected chi connectivity index (χ2v) is 8.11. The third-order valence-corrected chi connectivity index (χ3v) is 5.84. The number of hydrogen-bond acceptors (Lipinski definition) is 9. The minimum absolute atomic E-state index is 0.135. The summed E-state index contributed by atoms with van der Waals surface area (Å²) in [6.07, 6.45) is 0. The summed E-state index contributed by atoms with van der Waals surface area (Å²) in [6, 6.07) is 7.47. The fourth-order valence-corrected chi connectivity index (χ4v) is 4.22. The van der Waals surface area contributed by atoms with Gasteiger partial charge in [0.05, 0.1) is 24.3 Å². The van der Waals surface area contributed by atoms with Gasteiger partial charge in [0.1, 0.15) is 11.5 Å². The number of carbonyl (C=O) groups excluding carboxylic acids is 2. The first-order chi connectivity index (χ1) is 14.5. The van der Waals surface area contributed by atoms with Gasteiger partial charge in [-0.1, -0.05) is 5.16 Å². The number of rotatable bonds is 9. The molecule has 1 aromatic carbocycles. The molecule has 0 spiro atoms. The summed E-state index contributed by atoms with van der Waals surface area (Å²) in [5, 5.41) is 8.80. The minimum atomic E-state index is -0.458. The Morgan fingerprint density at radius 2 is 2.00 bits per heavy atom. The molecule has 2 aromatic heterocycles. The van der Waals surface area contributed by atoms with E-state index in [1.54, 1.807) is 7.11 Å². The molecule has 0 saturated carbocycles. The zero-order chi connectivity index (χ0) is 21.5. The Morgan fingerprint density at radius 1 is 1.23 bits per heavy atom. The highest BCUT2D eigenvalue weighted by Gasteiger charge is 2.13. The van der Waals surface area contributed by atoms with Gasteiger partial charge < -0.3 is 14.0 Å². The Kier molecular flexibility index (Phi) is 7.47. The molecule has 0 radical (unpaired) electrons. The number of ether oxygens (including phenoxy) is 2. The summed E-state index contributed by atoms with van der Waals surface area (Å²) in [7, 11) is 1.61. The van der Waals surface area contributed by atoms with Gasteiger partial charge in [-0.2, -0.15) is 0 Å². The number of esters is 1. The van der Waals surface area contributed by atoms with Crippen molar-refractivity contribution >= 4 is 40.1 Å². The zero-order valence-corrected chi connectivity index (χ0v) is 18.4. The molecule has 0 aliphatic carbocycles. The Labute approximate surface area is 182 Å². The van der Waals surface area contributed by atoms with E-state index in [1.807, 2.05) is 43.5 Å². The molecular weight excluding hydrogens is 426 g/mol. The average molecular weight is 448 g/mol. The maximum absolute atomic E-state index is 12.0. The third kappa shape index (κ3) is 5.83. The molecule has 1 amide bonds. The van der Waals surface area contributed by atoms with E-state index in [9.17, 15) is 9.59 Å². The van der Waals surface area contributed by atoms with Gasteiger partial charge in [-0.25, -0.2) is 4.98 Å². The average Bonchev–Trinajstić information content (AvgIpc) is 3.34. The highest BCUT2D eigenvalue weighted by atomic mass is 32.2. The first kappa shape index (κ1) is 21.8. The van der Waals surface area contributed by atoms with Crippen LogP contribution in [-0.2, 0) is 20.1 Å². The maximum Gasteiger partial charge on any atom is 0.316 e. The van der Waals surface area contributed by atoms with E-state index in [4.69, 9.17) is 14.0 Å². The van der Waals surface area contributed by atoms with E-state index in [0.717, 1.165) is 34.0 Å². The molecule has 3 aromatic rings. The standard InChI is InChI=1S/C20H21N3O5S2/c1-12-16(13(2)28-23-12)9-29-11-19(25)27-8-18(24)22-20-21-17(10-30-20)14-4-6-15(26-3)7-5-14/h4-7,10H,8-9,11H2,1-3H3,(H,21,22,24). The predicted octanol–water partition coefficient (Wildman–Crippen LogP) is 3.84.